The molecular weight excluding hydrogens is 336 g/mol. The minimum absolute atomic E-state index is 0.165. The molecule has 1 aliphatic rings. The topological polar surface area (TPSA) is 55.1 Å². The molecule has 0 bridgehead atoms. The first kappa shape index (κ1) is 15.7. The van der Waals surface area contributed by atoms with E-state index in [2.05, 4.69) is 21.2 Å². The van der Waals surface area contributed by atoms with Crippen LogP contribution in [0.1, 0.15) is 38.5 Å². The van der Waals surface area contributed by atoms with Gasteiger partial charge in [-0.25, -0.2) is 0 Å². The summed E-state index contributed by atoms with van der Waals surface area (Å²) in [6.45, 7) is 0. The number of carbonyl (C=O) groups is 1. The van der Waals surface area contributed by atoms with Gasteiger partial charge in [0.15, 0.2) is 0 Å². The van der Waals surface area contributed by atoms with Crippen LogP contribution in [0.5, 0.6) is 0 Å². The maximum absolute atomic E-state index is 11.9. The summed E-state index contributed by atoms with van der Waals surface area (Å²) >= 11 is 5.07. The Morgan fingerprint density at radius 2 is 2.10 bits per heavy atom. The molecule has 0 heterocycles. The number of nitrogens with two attached hydrogens (primary N) is 1. The van der Waals surface area contributed by atoms with E-state index >= 15 is 0 Å². The van der Waals surface area contributed by atoms with Crippen LogP contribution in [0.2, 0.25) is 0 Å². The van der Waals surface area contributed by atoms with Gasteiger partial charge in [0.2, 0.25) is 5.91 Å². The quantitative estimate of drug-likeness (QED) is 0.619. The fraction of sp³-hybridized carbons (Fsp3) is 0.533. The van der Waals surface area contributed by atoms with Crippen molar-refractivity contribution in [3.63, 3.8) is 0 Å². The third kappa shape index (κ3) is 5.02. The van der Waals surface area contributed by atoms with Crippen LogP contribution < -0.4 is 11.1 Å². The van der Waals surface area contributed by atoms with Gasteiger partial charge in [-0.2, -0.15) is 0 Å². The van der Waals surface area contributed by atoms with Crippen molar-refractivity contribution in [2.75, 3.05) is 11.5 Å². The lowest BCUT2D eigenvalue weighted by Gasteiger charge is -2.22. The minimum Gasteiger partial charge on any atom is -0.398 e. The number of carbonyl (C=O) groups excluding carboxylic acids is 1. The SMILES string of the molecule is Nc1ccc(Br)cc1SCCC(=O)NC1CCCCC1. The number of hydrogen-bond donors (Lipinski definition) is 2. The first-order valence-corrected chi connectivity index (χ1v) is 8.90. The van der Waals surface area contributed by atoms with Crippen LogP contribution in [-0.4, -0.2) is 17.7 Å². The normalized spacial score (nSPS) is 16.1. The van der Waals surface area contributed by atoms with Gasteiger partial charge < -0.3 is 11.1 Å². The number of nitrogens with one attached hydrogen (secondary N) is 1. The number of anilines is 1. The van der Waals surface area contributed by atoms with E-state index in [1.54, 1.807) is 11.8 Å². The van der Waals surface area contributed by atoms with Gasteiger partial charge >= 0.3 is 0 Å². The lowest BCUT2D eigenvalue weighted by molar-refractivity contribution is -0.121. The van der Waals surface area contributed by atoms with Gasteiger partial charge in [0.1, 0.15) is 0 Å². The Balaban J connectivity index is 1.72. The van der Waals surface area contributed by atoms with Gasteiger partial charge in [0.25, 0.3) is 0 Å². The van der Waals surface area contributed by atoms with Crippen molar-refractivity contribution in [3.05, 3.63) is 22.7 Å². The molecule has 0 spiro atoms. The predicted molar refractivity (Wildman–Crippen MR) is 88.9 cm³/mol. The molecule has 0 unspecified atom stereocenters. The zero-order valence-electron chi connectivity index (χ0n) is 11.5. The molecule has 0 atom stereocenters. The minimum atomic E-state index is 0.165. The Morgan fingerprint density at radius 3 is 2.85 bits per heavy atom. The second kappa shape index (κ2) is 7.93. The lowest BCUT2D eigenvalue weighted by Crippen LogP contribution is -2.36. The molecule has 0 aromatic heterocycles. The van der Waals surface area contributed by atoms with Crippen molar-refractivity contribution in [1.29, 1.82) is 0 Å². The molecule has 1 saturated carbocycles. The van der Waals surface area contributed by atoms with Crippen molar-refractivity contribution >= 4 is 39.3 Å². The van der Waals surface area contributed by atoms with Crippen LogP contribution in [-0.2, 0) is 4.79 Å². The van der Waals surface area contributed by atoms with Gasteiger partial charge in [-0.1, -0.05) is 35.2 Å². The highest BCUT2D eigenvalue weighted by atomic mass is 79.9. The smallest absolute Gasteiger partial charge is 0.221 e. The molecule has 0 saturated heterocycles. The molecule has 0 radical (unpaired) electrons. The third-order valence-corrected chi connectivity index (χ3v) is 5.10. The summed E-state index contributed by atoms with van der Waals surface area (Å²) in [6.07, 6.45) is 6.62. The second-order valence-corrected chi connectivity index (χ2v) is 7.24. The number of nitrogen functional groups attached to an aromatic ring is 1. The van der Waals surface area contributed by atoms with Gasteiger partial charge in [0, 0.05) is 33.3 Å². The van der Waals surface area contributed by atoms with Crippen molar-refractivity contribution in [3.8, 4) is 0 Å². The van der Waals surface area contributed by atoms with Crippen LogP contribution in [0.3, 0.4) is 0 Å². The van der Waals surface area contributed by atoms with Crippen LogP contribution in [0.25, 0.3) is 0 Å². The standard InChI is InChI=1S/C15H21BrN2OS/c16-11-6-7-13(17)14(10-11)20-9-8-15(19)18-12-4-2-1-3-5-12/h6-7,10,12H,1-5,8-9,17H2,(H,18,19). The second-order valence-electron chi connectivity index (χ2n) is 5.18. The fourth-order valence-electron chi connectivity index (χ4n) is 2.43. The van der Waals surface area contributed by atoms with E-state index in [9.17, 15) is 4.79 Å². The van der Waals surface area contributed by atoms with Crippen molar-refractivity contribution in [2.45, 2.75) is 49.5 Å². The molecule has 5 heteroatoms. The molecular formula is C15H21BrN2OS. The molecule has 3 nitrogen and oxygen atoms in total. The van der Waals surface area contributed by atoms with Crippen LogP contribution in [0.4, 0.5) is 5.69 Å². The number of benzene rings is 1. The maximum atomic E-state index is 11.9. The highest BCUT2D eigenvalue weighted by Crippen LogP contribution is 2.28. The molecule has 1 amide bonds. The first-order chi connectivity index (χ1) is 9.65. The van der Waals surface area contributed by atoms with E-state index in [1.807, 2.05) is 18.2 Å². The molecule has 110 valence electrons. The van der Waals surface area contributed by atoms with E-state index in [0.717, 1.165) is 33.7 Å². The number of thioether (sulfide) groups is 1. The lowest BCUT2D eigenvalue weighted by atomic mass is 9.95. The van der Waals surface area contributed by atoms with Gasteiger partial charge in [-0.3, -0.25) is 4.79 Å². The highest BCUT2D eigenvalue weighted by molar-refractivity contribution is 9.10. The van der Waals surface area contributed by atoms with E-state index in [1.165, 1.54) is 19.3 Å². The summed E-state index contributed by atoms with van der Waals surface area (Å²) in [4.78, 5) is 12.9. The van der Waals surface area contributed by atoms with Crippen LogP contribution in [0.15, 0.2) is 27.6 Å². The van der Waals surface area contributed by atoms with Crippen LogP contribution in [0, 0.1) is 0 Å². The van der Waals surface area contributed by atoms with Crippen LogP contribution >= 0.6 is 27.7 Å². The zero-order chi connectivity index (χ0) is 14.4. The molecule has 1 fully saturated rings. The average Bonchev–Trinajstić information content (AvgIpc) is 2.44. The summed E-state index contributed by atoms with van der Waals surface area (Å²) in [5, 5.41) is 3.14. The Morgan fingerprint density at radius 1 is 1.35 bits per heavy atom. The van der Waals surface area contributed by atoms with Gasteiger partial charge in [-0.15, -0.1) is 11.8 Å². The average molecular weight is 357 g/mol. The van der Waals surface area contributed by atoms with Gasteiger partial charge in [0.05, 0.1) is 0 Å². The summed E-state index contributed by atoms with van der Waals surface area (Å²) in [6, 6.07) is 6.21. The maximum Gasteiger partial charge on any atom is 0.221 e. The summed E-state index contributed by atoms with van der Waals surface area (Å²) in [5.41, 5.74) is 6.68. The van der Waals surface area contributed by atoms with Crippen molar-refractivity contribution < 1.29 is 4.79 Å². The summed E-state index contributed by atoms with van der Waals surface area (Å²) in [5.74, 6) is 0.928. The molecule has 20 heavy (non-hydrogen) atoms. The Labute approximate surface area is 133 Å². The van der Waals surface area contributed by atoms with E-state index in [0.29, 0.717) is 12.5 Å². The molecule has 0 aliphatic heterocycles. The van der Waals surface area contributed by atoms with E-state index in [-0.39, 0.29) is 5.91 Å². The van der Waals surface area contributed by atoms with E-state index < -0.39 is 0 Å². The monoisotopic (exact) mass is 356 g/mol. The molecule has 2 rings (SSSR count). The summed E-state index contributed by atoms with van der Waals surface area (Å²) in [7, 11) is 0. The zero-order valence-corrected chi connectivity index (χ0v) is 13.9. The number of halogens is 1. The van der Waals surface area contributed by atoms with Crippen molar-refractivity contribution in [1.82, 2.24) is 5.32 Å². The largest absolute Gasteiger partial charge is 0.398 e. The third-order valence-electron chi connectivity index (χ3n) is 3.53. The number of amides is 1. The molecule has 1 aromatic rings. The highest BCUT2D eigenvalue weighted by Gasteiger charge is 2.15. The van der Waals surface area contributed by atoms with E-state index in [4.69, 9.17) is 5.73 Å². The number of rotatable bonds is 5. The summed E-state index contributed by atoms with van der Waals surface area (Å²) < 4.78 is 1.01. The number of hydrogen-bond acceptors (Lipinski definition) is 3. The molecule has 3 N–H and O–H groups in total. The first-order valence-electron chi connectivity index (χ1n) is 7.12. The van der Waals surface area contributed by atoms with Crippen molar-refractivity contribution in [2.24, 2.45) is 0 Å². The Kier molecular flexibility index (Phi) is 6.23. The molecule has 1 aliphatic carbocycles. The van der Waals surface area contributed by atoms with Gasteiger partial charge in [-0.05, 0) is 31.0 Å². The predicted octanol–water partition coefficient (Wildman–Crippen LogP) is 3.96. The molecule has 1 aromatic carbocycles. The Bertz CT molecular complexity index is 461. The Hall–Kier alpha value is -0.680. The fourth-order valence-corrected chi connectivity index (χ4v) is 3.90.